The molecule has 9 heteroatoms. The Morgan fingerprint density at radius 3 is 2.54 bits per heavy atom. The van der Waals surface area contributed by atoms with E-state index in [9.17, 15) is 18.0 Å². The molecule has 0 unspecified atom stereocenters. The molecule has 0 aliphatic carbocycles. The quantitative estimate of drug-likeness (QED) is 0.775. The Morgan fingerprint density at radius 2 is 1.86 bits per heavy atom. The zero-order valence-electron chi connectivity index (χ0n) is 15.2. The lowest BCUT2D eigenvalue weighted by molar-refractivity contribution is -0.119. The van der Waals surface area contributed by atoms with Gasteiger partial charge in [-0.3, -0.25) is 9.59 Å². The topological polar surface area (TPSA) is 95.6 Å². The van der Waals surface area contributed by atoms with Crippen LogP contribution in [-0.2, 0) is 14.8 Å². The number of halogens is 1. The van der Waals surface area contributed by atoms with Gasteiger partial charge in [-0.2, -0.15) is 4.31 Å². The molecule has 0 radical (unpaired) electrons. The van der Waals surface area contributed by atoms with E-state index in [-0.39, 0.29) is 17.3 Å². The molecule has 1 aliphatic rings. The van der Waals surface area contributed by atoms with Crippen LogP contribution in [0.25, 0.3) is 0 Å². The van der Waals surface area contributed by atoms with E-state index in [2.05, 4.69) is 10.6 Å². The van der Waals surface area contributed by atoms with E-state index >= 15 is 0 Å². The van der Waals surface area contributed by atoms with E-state index in [0.717, 1.165) is 0 Å². The Labute approximate surface area is 168 Å². The van der Waals surface area contributed by atoms with Crippen molar-refractivity contribution in [2.45, 2.75) is 23.8 Å². The summed E-state index contributed by atoms with van der Waals surface area (Å²) in [5.41, 5.74) is 0.833. The van der Waals surface area contributed by atoms with Crippen LogP contribution in [0.2, 0.25) is 5.02 Å². The number of hydrogen-bond donors (Lipinski definition) is 2. The minimum absolute atomic E-state index is 0.0956. The predicted octanol–water partition coefficient (Wildman–Crippen LogP) is 2.49. The van der Waals surface area contributed by atoms with Crippen molar-refractivity contribution < 1.29 is 18.0 Å². The first-order valence-corrected chi connectivity index (χ1v) is 10.5. The highest BCUT2D eigenvalue weighted by atomic mass is 35.5. The fourth-order valence-electron chi connectivity index (χ4n) is 3.14. The molecule has 148 valence electrons. The maximum atomic E-state index is 12.9. The fraction of sp³-hybridized carbons (Fsp3) is 0.263. The molecule has 1 aliphatic heterocycles. The van der Waals surface area contributed by atoms with Gasteiger partial charge < -0.3 is 10.6 Å². The number of carbonyl (C=O) groups excluding carboxylic acids is 2. The average Bonchev–Trinajstić information content (AvgIpc) is 3.19. The Kier molecular flexibility index (Phi) is 6.02. The molecule has 2 N–H and O–H groups in total. The second-order valence-electron chi connectivity index (χ2n) is 6.38. The number of rotatable bonds is 5. The van der Waals surface area contributed by atoms with Crippen molar-refractivity contribution in [1.29, 1.82) is 0 Å². The van der Waals surface area contributed by atoms with E-state index in [4.69, 9.17) is 11.6 Å². The molecule has 1 heterocycles. The highest BCUT2D eigenvalue weighted by Crippen LogP contribution is 2.27. The lowest BCUT2D eigenvalue weighted by Gasteiger charge is -2.23. The van der Waals surface area contributed by atoms with Crippen LogP contribution in [-0.4, -0.2) is 44.2 Å². The van der Waals surface area contributed by atoms with E-state index in [0.29, 0.717) is 29.1 Å². The normalized spacial score (nSPS) is 17.3. The van der Waals surface area contributed by atoms with Gasteiger partial charge in [0.1, 0.15) is 6.04 Å². The van der Waals surface area contributed by atoms with Crippen molar-refractivity contribution in [2.24, 2.45) is 0 Å². The highest BCUT2D eigenvalue weighted by molar-refractivity contribution is 7.89. The number of sulfonamides is 1. The molecule has 1 atom stereocenters. The Bertz CT molecular complexity index is 992. The van der Waals surface area contributed by atoms with Gasteiger partial charge in [-0.25, -0.2) is 8.42 Å². The van der Waals surface area contributed by atoms with E-state index in [1.165, 1.54) is 35.6 Å². The summed E-state index contributed by atoms with van der Waals surface area (Å²) < 4.78 is 27.1. The molecule has 2 aromatic rings. The van der Waals surface area contributed by atoms with Crippen LogP contribution < -0.4 is 10.6 Å². The maximum Gasteiger partial charge on any atom is 0.251 e. The number of nitrogens with one attached hydrogen (secondary N) is 2. The van der Waals surface area contributed by atoms with Gasteiger partial charge in [0.15, 0.2) is 0 Å². The first kappa shape index (κ1) is 20.3. The van der Waals surface area contributed by atoms with Crippen molar-refractivity contribution >= 4 is 39.1 Å². The fourth-order valence-corrected chi connectivity index (χ4v) is 4.92. The van der Waals surface area contributed by atoms with Crippen LogP contribution in [0.4, 0.5) is 5.69 Å². The summed E-state index contributed by atoms with van der Waals surface area (Å²) in [7, 11) is -2.30. The lowest BCUT2D eigenvalue weighted by Crippen LogP contribution is -2.43. The van der Waals surface area contributed by atoms with Crippen LogP contribution in [0, 0.1) is 0 Å². The maximum absolute atomic E-state index is 12.9. The highest BCUT2D eigenvalue weighted by Gasteiger charge is 2.39. The van der Waals surface area contributed by atoms with Crippen molar-refractivity contribution in [2.75, 3.05) is 18.9 Å². The molecule has 28 heavy (non-hydrogen) atoms. The average molecular weight is 422 g/mol. The summed E-state index contributed by atoms with van der Waals surface area (Å²) in [6, 6.07) is 11.5. The van der Waals surface area contributed by atoms with Crippen molar-refractivity contribution in [3.05, 3.63) is 59.1 Å². The largest absolute Gasteiger partial charge is 0.355 e. The zero-order chi connectivity index (χ0) is 20.3. The summed E-state index contributed by atoms with van der Waals surface area (Å²) in [6.07, 6.45) is 1.01. The molecule has 1 saturated heterocycles. The molecule has 0 aromatic heterocycles. The van der Waals surface area contributed by atoms with Crippen molar-refractivity contribution in [1.82, 2.24) is 9.62 Å². The van der Waals surface area contributed by atoms with E-state index in [1.54, 1.807) is 24.3 Å². The molecule has 3 rings (SSSR count). The SMILES string of the molecule is CNC(=O)c1cccc(NC(=O)[C@H]2CCCN2S(=O)(=O)c2ccc(Cl)cc2)c1. The third kappa shape index (κ3) is 4.19. The summed E-state index contributed by atoms with van der Waals surface area (Å²) in [6.45, 7) is 0.265. The third-order valence-corrected chi connectivity index (χ3v) is 6.72. The monoisotopic (exact) mass is 421 g/mol. The minimum atomic E-state index is -3.82. The molecular formula is C19H20ClN3O4S. The lowest BCUT2D eigenvalue weighted by atomic mass is 10.1. The van der Waals surface area contributed by atoms with Crippen LogP contribution in [0.1, 0.15) is 23.2 Å². The number of nitrogens with zero attached hydrogens (tertiary/aromatic N) is 1. The van der Waals surface area contributed by atoms with Gasteiger partial charge in [-0.15, -0.1) is 0 Å². The Balaban J connectivity index is 1.80. The van der Waals surface area contributed by atoms with Crippen LogP contribution in [0.3, 0.4) is 0 Å². The summed E-state index contributed by atoms with van der Waals surface area (Å²) in [4.78, 5) is 24.6. The van der Waals surface area contributed by atoms with Crippen LogP contribution >= 0.6 is 11.6 Å². The summed E-state index contributed by atoms with van der Waals surface area (Å²) in [5, 5.41) is 5.67. The Hall–Kier alpha value is -2.42. The molecular weight excluding hydrogens is 402 g/mol. The number of hydrogen-bond acceptors (Lipinski definition) is 4. The predicted molar refractivity (Wildman–Crippen MR) is 107 cm³/mol. The number of carbonyl (C=O) groups is 2. The summed E-state index contributed by atoms with van der Waals surface area (Å²) in [5.74, 6) is -0.701. The molecule has 7 nitrogen and oxygen atoms in total. The smallest absolute Gasteiger partial charge is 0.251 e. The molecule has 0 saturated carbocycles. The number of anilines is 1. The standard InChI is InChI=1S/C19H20ClN3O4S/c1-21-18(24)13-4-2-5-15(12-13)22-19(25)17-6-3-11-23(17)28(26,27)16-9-7-14(20)8-10-16/h2,4-5,7-10,12,17H,3,6,11H2,1H3,(H,21,24)(H,22,25)/t17-/m1/s1. The van der Waals surface area contributed by atoms with Gasteiger partial charge in [-0.1, -0.05) is 17.7 Å². The van der Waals surface area contributed by atoms with Crippen LogP contribution in [0.5, 0.6) is 0 Å². The number of benzene rings is 2. The minimum Gasteiger partial charge on any atom is -0.355 e. The Morgan fingerprint density at radius 1 is 1.14 bits per heavy atom. The third-order valence-electron chi connectivity index (χ3n) is 4.55. The van der Waals surface area contributed by atoms with E-state index in [1.807, 2.05) is 0 Å². The zero-order valence-corrected chi connectivity index (χ0v) is 16.8. The molecule has 2 amide bonds. The molecule has 1 fully saturated rings. The van der Waals surface area contributed by atoms with Gasteiger partial charge in [0.2, 0.25) is 15.9 Å². The van der Waals surface area contributed by atoms with Gasteiger partial charge in [0.25, 0.3) is 5.91 Å². The second kappa shape index (κ2) is 8.30. The first-order valence-electron chi connectivity index (χ1n) is 8.73. The second-order valence-corrected chi connectivity index (χ2v) is 8.70. The van der Waals surface area contributed by atoms with Gasteiger partial charge in [-0.05, 0) is 55.3 Å². The molecule has 0 spiro atoms. The molecule has 2 aromatic carbocycles. The van der Waals surface area contributed by atoms with Crippen LogP contribution in [0.15, 0.2) is 53.4 Å². The first-order chi connectivity index (χ1) is 13.3. The van der Waals surface area contributed by atoms with Crippen molar-refractivity contribution in [3.63, 3.8) is 0 Å². The van der Waals surface area contributed by atoms with Crippen molar-refractivity contribution in [3.8, 4) is 0 Å². The van der Waals surface area contributed by atoms with Gasteiger partial charge in [0, 0.05) is 29.9 Å². The van der Waals surface area contributed by atoms with E-state index < -0.39 is 22.0 Å². The van der Waals surface area contributed by atoms with Gasteiger partial charge in [0.05, 0.1) is 4.90 Å². The van der Waals surface area contributed by atoms with Gasteiger partial charge >= 0.3 is 0 Å². The summed E-state index contributed by atoms with van der Waals surface area (Å²) >= 11 is 5.84. The number of amides is 2. The molecule has 0 bridgehead atoms.